The molecule has 1 N–H and O–H groups in total. The second-order valence-electron chi connectivity index (χ2n) is 10.4. The van der Waals surface area contributed by atoms with Gasteiger partial charge in [0.15, 0.2) is 5.82 Å². The third kappa shape index (κ3) is 3.44. The van der Waals surface area contributed by atoms with Gasteiger partial charge in [-0.2, -0.15) is 4.68 Å². The number of benzene rings is 2. The van der Waals surface area contributed by atoms with Crippen LogP contribution in [0, 0.1) is 23.2 Å². The molecule has 4 aliphatic rings. The van der Waals surface area contributed by atoms with Crippen molar-refractivity contribution in [1.82, 2.24) is 9.66 Å². The first-order valence-electron chi connectivity index (χ1n) is 12.0. The van der Waals surface area contributed by atoms with Crippen molar-refractivity contribution in [1.29, 1.82) is 0 Å². The number of nitrogens with zero attached hydrogens (tertiary/aromatic N) is 2. The van der Waals surface area contributed by atoms with Gasteiger partial charge < -0.3 is 0 Å². The van der Waals surface area contributed by atoms with Crippen LogP contribution in [-0.2, 0) is 4.79 Å². The number of carbonyl (C=O) groups is 1. The largest absolute Gasteiger partial charge is 0.280 e. The minimum Gasteiger partial charge on any atom is -0.273 e. The lowest BCUT2D eigenvalue weighted by atomic mass is 9.48. The Morgan fingerprint density at radius 1 is 0.938 bits per heavy atom. The number of amides is 1. The molecule has 0 saturated heterocycles. The molecule has 164 valence electrons. The topological polar surface area (TPSA) is 64.0 Å². The van der Waals surface area contributed by atoms with E-state index in [1.807, 2.05) is 48.5 Å². The summed E-state index contributed by atoms with van der Waals surface area (Å²) in [5.74, 6) is 3.00. The molecule has 0 spiro atoms. The molecule has 0 aliphatic heterocycles. The summed E-state index contributed by atoms with van der Waals surface area (Å²) in [5, 5.41) is 0.508. The zero-order valence-corrected chi connectivity index (χ0v) is 18.3. The molecule has 4 aliphatic carbocycles. The summed E-state index contributed by atoms with van der Waals surface area (Å²) >= 11 is 0. The summed E-state index contributed by atoms with van der Waals surface area (Å²) in [7, 11) is 0. The number of fused-ring (bicyclic) bond motifs is 1. The van der Waals surface area contributed by atoms with E-state index >= 15 is 0 Å². The molecule has 4 bridgehead atoms. The SMILES string of the molecule is O=C(CCC12CC3CC(CC(C3)C1)C2)Nn1c(-c2ccccc2)nc2ccccc2c1=O. The molecule has 4 fully saturated rings. The number of hydrogen-bond acceptors (Lipinski definition) is 3. The van der Waals surface area contributed by atoms with Crippen LogP contribution < -0.4 is 11.0 Å². The predicted molar refractivity (Wildman–Crippen MR) is 126 cm³/mol. The fourth-order valence-electron chi connectivity index (χ4n) is 7.17. The van der Waals surface area contributed by atoms with Crippen LogP contribution in [0.1, 0.15) is 51.4 Å². The van der Waals surface area contributed by atoms with Gasteiger partial charge in [0.25, 0.3) is 5.56 Å². The molecule has 1 aromatic heterocycles. The minimum atomic E-state index is -0.238. The first-order chi connectivity index (χ1) is 15.6. The molecule has 3 aromatic rings. The van der Waals surface area contributed by atoms with Crippen LogP contribution in [0.5, 0.6) is 0 Å². The van der Waals surface area contributed by atoms with Crippen molar-refractivity contribution < 1.29 is 4.79 Å². The zero-order valence-electron chi connectivity index (χ0n) is 18.3. The number of para-hydroxylation sites is 1. The smallest absolute Gasteiger partial charge is 0.273 e. The monoisotopic (exact) mass is 427 g/mol. The summed E-state index contributed by atoms with van der Waals surface area (Å²) in [4.78, 5) is 31.1. The summed E-state index contributed by atoms with van der Waals surface area (Å²) in [6.07, 6.45) is 9.48. The second kappa shape index (κ2) is 7.58. The molecule has 4 saturated carbocycles. The molecule has 7 rings (SSSR count). The Morgan fingerprint density at radius 3 is 2.25 bits per heavy atom. The van der Waals surface area contributed by atoms with Crippen LogP contribution in [0.2, 0.25) is 0 Å². The summed E-state index contributed by atoms with van der Waals surface area (Å²) in [6.45, 7) is 0. The Morgan fingerprint density at radius 2 is 1.56 bits per heavy atom. The highest BCUT2D eigenvalue weighted by Gasteiger charge is 2.50. The quantitative estimate of drug-likeness (QED) is 0.614. The van der Waals surface area contributed by atoms with Gasteiger partial charge in [-0.1, -0.05) is 42.5 Å². The van der Waals surface area contributed by atoms with Crippen molar-refractivity contribution in [2.45, 2.75) is 51.4 Å². The third-order valence-electron chi connectivity index (χ3n) is 8.09. The minimum absolute atomic E-state index is 0.0999. The first kappa shape index (κ1) is 19.7. The van der Waals surface area contributed by atoms with E-state index in [1.54, 1.807) is 6.07 Å². The standard InChI is InChI=1S/C27H29N3O2/c31-24(10-11-27-15-18-12-19(16-27)14-20(13-18)17-27)29-30-25(21-6-2-1-3-7-21)28-23-9-5-4-8-22(23)26(30)32/h1-9,18-20H,10-17H2,(H,29,31). The normalized spacial score (nSPS) is 28.2. The van der Waals surface area contributed by atoms with Gasteiger partial charge in [-0.15, -0.1) is 0 Å². The van der Waals surface area contributed by atoms with Gasteiger partial charge in [0.1, 0.15) is 0 Å². The van der Waals surface area contributed by atoms with E-state index in [0.717, 1.165) is 29.7 Å². The maximum absolute atomic E-state index is 13.3. The summed E-state index contributed by atoms with van der Waals surface area (Å²) in [6, 6.07) is 16.9. The Bertz CT molecular complexity index is 1200. The molecule has 0 atom stereocenters. The van der Waals surface area contributed by atoms with E-state index in [2.05, 4.69) is 5.43 Å². The molecule has 5 nitrogen and oxygen atoms in total. The van der Waals surface area contributed by atoms with Gasteiger partial charge in [0.2, 0.25) is 5.91 Å². The maximum atomic E-state index is 13.3. The highest BCUT2D eigenvalue weighted by Crippen LogP contribution is 2.61. The van der Waals surface area contributed by atoms with Gasteiger partial charge in [-0.25, -0.2) is 4.98 Å². The van der Waals surface area contributed by atoms with Crippen molar-refractivity contribution in [2.24, 2.45) is 23.2 Å². The lowest BCUT2D eigenvalue weighted by Gasteiger charge is -2.57. The fourth-order valence-corrected chi connectivity index (χ4v) is 7.17. The van der Waals surface area contributed by atoms with Gasteiger partial charge in [-0.3, -0.25) is 15.0 Å². The molecule has 1 heterocycles. The second-order valence-corrected chi connectivity index (χ2v) is 10.4. The van der Waals surface area contributed by atoms with Crippen molar-refractivity contribution in [2.75, 3.05) is 5.43 Å². The van der Waals surface area contributed by atoms with Crippen LogP contribution in [0.4, 0.5) is 0 Å². The van der Waals surface area contributed by atoms with Gasteiger partial charge in [0.05, 0.1) is 10.9 Å². The van der Waals surface area contributed by atoms with E-state index in [-0.39, 0.29) is 11.5 Å². The van der Waals surface area contributed by atoms with Crippen LogP contribution in [0.25, 0.3) is 22.3 Å². The van der Waals surface area contributed by atoms with E-state index in [0.29, 0.717) is 28.6 Å². The average Bonchev–Trinajstić information content (AvgIpc) is 2.79. The Balaban J connectivity index is 1.27. The molecule has 2 aromatic carbocycles. The van der Waals surface area contributed by atoms with Crippen molar-refractivity contribution >= 4 is 16.8 Å². The Labute approximate surface area is 187 Å². The van der Waals surface area contributed by atoms with Crippen molar-refractivity contribution in [3.05, 3.63) is 65.0 Å². The highest BCUT2D eigenvalue weighted by atomic mass is 16.2. The molecule has 32 heavy (non-hydrogen) atoms. The van der Waals surface area contributed by atoms with Crippen LogP contribution >= 0.6 is 0 Å². The molecular formula is C27H29N3O2. The molecule has 5 heteroatoms. The van der Waals surface area contributed by atoms with E-state index < -0.39 is 0 Å². The van der Waals surface area contributed by atoms with E-state index in [4.69, 9.17) is 4.98 Å². The molecule has 0 radical (unpaired) electrons. The predicted octanol–water partition coefficient (Wildman–Crippen LogP) is 5.13. The number of nitrogens with one attached hydrogen (secondary N) is 1. The van der Waals surface area contributed by atoms with Gasteiger partial charge in [-0.05, 0) is 80.2 Å². The Hall–Kier alpha value is -2.95. The molecule has 1 amide bonds. The summed E-state index contributed by atoms with van der Waals surface area (Å²) < 4.78 is 1.35. The number of carbonyl (C=O) groups excluding carboxylic acids is 1. The molecule has 0 unspecified atom stereocenters. The number of aromatic nitrogens is 2. The first-order valence-corrected chi connectivity index (χ1v) is 12.0. The third-order valence-corrected chi connectivity index (χ3v) is 8.09. The average molecular weight is 428 g/mol. The number of hydrogen-bond donors (Lipinski definition) is 1. The van der Waals surface area contributed by atoms with Crippen LogP contribution in [0.15, 0.2) is 59.4 Å². The van der Waals surface area contributed by atoms with E-state index in [9.17, 15) is 9.59 Å². The van der Waals surface area contributed by atoms with E-state index in [1.165, 1.54) is 43.2 Å². The fraction of sp³-hybridized carbons (Fsp3) is 0.444. The maximum Gasteiger partial charge on any atom is 0.280 e. The van der Waals surface area contributed by atoms with Crippen LogP contribution in [-0.4, -0.2) is 15.6 Å². The summed E-state index contributed by atoms with van der Waals surface area (Å²) in [5.41, 5.74) is 4.45. The van der Waals surface area contributed by atoms with Crippen molar-refractivity contribution in [3.8, 4) is 11.4 Å². The van der Waals surface area contributed by atoms with Gasteiger partial charge in [0, 0.05) is 12.0 Å². The Kier molecular flexibility index (Phi) is 4.67. The highest BCUT2D eigenvalue weighted by molar-refractivity contribution is 5.86. The zero-order chi connectivity index (χ0) is 21.7. The lowest BCUT2D eigenvalue weighted by molar-refractivity contribution is -0.119. The lowest BCUT2D eigenvalue weighted by Crippen LogP contribution is -2.46. The van der Waals surface area contributed by atoms with Gasteiger partial charge >= 0.3 is 0 Å². The number of rotatable bonds is 5. The molecular weight excluding hydrogens is 398 g/mol. The van der Waals surface area contributed by atoms with Crippen LogP contribution in [0.3, 0.4) is 0 Å². The van der Waals surface area contributed by atoms with Crippen molar-refractivity contribution in [3.63, 3.8) is 0 Å².